The van der Waals surface area contributed by atoms with Gasteiger partial charge in [0.25, 0.3) is 0 Å². The van der Waals surface area contributed by atoms with E-state index in [1.807, 2.05) is 0 Å². The molecule has 1 aromatic carbocycles. The molecule has 2 rings (SSSR count). The Morgan fingerprint density at radius 2 is 1.47 bits per heavy atom. The molecule has 0 fully saturated rings. The molecular formula is C34H49F4N2O6P. The number of benzene rings is 1. The Morgan fingerprint density at radius 1 is 0.894 bits per heavy atom. The van der Waals surface area contributed by atoms with Crippen molar-refractivity contribution < 1.29 is 46.2 Å². The molecule has 0 saturated heterocycles. The van der Waals surface area contributed by atoms with E-state index in [0.29, 0.717) is 23.4 Å². The van der Waals surface area contributed by atoms with Crippen molar-refractivity contribution in [2.75, 3.05) is 6.61 Å². The van der Waals surface area contributed by atoms with Gasteiger partial charge < -0.3 is 24.6 Å². The summed E-state index contributed by atoms with van der Waals surface area (Å²) in [6.07, 6.45) is 13.1. The van der Waals surface area contributed by atoms with Gasteiger partial charge in [0.05, 0.1) is 11.7 Å². The number of aromatic nitrogens is 1. The number of pyridine rings is 1. The summed E-state index contributed by atoms with van der Waals surface area (Å²) in [5, 5.41) is 2.68. The Morgan fingerprint density at radius 3 is 2.02 bits per heavy atom. The van der Waals surface area contributed by atoms with Crippen molar-refractivity contribution in [3.63, 3.8) is 0 Å². The smallest absolute Gasteiger partial charge is 0.422 e. The number of ether oxygens (including phenoxy) is 2. The molecule has 0 aliphatic carbocycles. The fourth-order valence-corrected chi connectivity index (χ4v) is 5.29. The number of rotatable bonds is 24. The number of carbonyl (C=O) groups is 1. The number of nitrogens with zero attached hydrogens (tertiary/aromatic N) is 1. The number of halogens is 4. The van der Waals surface area contributed by atoms with Crippen molar-refractivity contribution >= 4 is 13.5 Å². The Balaban J connectivity index is 1.79. The van der Waals surface area contributed by atoms with Gasteiger partial charge in [-0.25, -0.2) is 0 Å². The van der Waals surface area contributed by atoms with E-state index in [2.05, 4.69) is 17.2 Å². The van der Waals surface area contributed by atoms with Crippen LogP contribution in [-0.2, 0) is 22.4 Å². The number of hydrogen-bond acceptors (Lipinski definition) is 5. The van der Waals surface area contributed by atoms with Crippen molar-refractivity contribution in [2.24, 2.45) is 0 Å². The highest BCUT2D eigenvalue weighted by atomic mass is 31.2. The van der Waals surface area contributed by atoms with Gasteiger partial charge in [0.2, 0.25) is 11.5 Å². The third-order valence-electron chi connectivity index (χ3n) is 7.43. The van der Waals surface area contributed by atoms with E-state index in [9.17, 15) is 36.7 Å². The van der Waals surface area contributed by atoms with E-state index < -0.39 is 32.0 Å². The van der Waals surface area contributed by atoms with Crippen LogP contribution in [0.1, 0.15) is 108 Å². The first kappa shape index (κ1) is 40.2. The molecule has 0 aliphatic rings. The second-order valence-corrected chi connectivity index (χ2v) is 13.2. The number of hydrogen-bond donors (Lipinski definition) is 3. The quantitative estimate of drug-likeness (QED) is 0.0572. The molecule has 1 heterocycles. The van der Waals surface area contributed by atoms with Gasteiger partial charge in [0.1, 0.15) is 18.1 Å². The molecule has 8 nitrogen and oxygen atoms in total. The van der Waals surface area contributed by atoms with Crippen LogP contribution in [0.25, 0.3) is 0 Å². The lowest BCUT2D eigenvalue weighted by atomic mass is 10.0. The van der Waals surface area contributed by atoms with E-state index in [0.717, 1.165) is 25.3 Å². The highest BCUT2D eigenvalue weighted by Gasteiger charge is 2.28. The van der Waals surface area contributed by atoms with Gasteiger partial charge >= 0.3 is 13.8 Å². The molecule has 0 aliphatic heterocycles. The highest BCUT2D eigenvalue weighted by molar-refractivity contribution is 7.56. The first-order valence-corrected chi connectivity index (χ1v) is 18.1. The van der Waals surface area contributed by atoms with Crippen molar-refractivity contribution in [1.82, 2.24) is 10.3 Å². The zero-order valence-electron chi connectivity index (χ0n) is 27.2. The Hall–Kier alpha value is -2.95. The third-order valence-corrected chi connectivity index (χ3v) is 8.13. The molecule has 1 atom stereocenters. The van der Waals surface area contributed by atoms with Crippen molar-refractivity contribution in [3.8, 4) is 11.5 Å². The van der Waals surface area contributed by atoms with Crippen LogP contribution < -0.4 is 14.8 Å². The van der Waals surface area contributed by atoms with Gasteiger partial charge in [-0.1, -0.05) is 96.1 Å². The molecule has 1 aromatic heterocycles. The van der Waals surface area contributed by atoms with Gasteiger partial charge in [-0.05, 0) is 42.7 Å². The van der Waals surface area contributed by atoms with E-state index >= 15 is 0 Å². The fraction of sp³-hybridized carbons (Fsp3) is 0.588. The molecule has 47 heavy (non-hydrogen) atoms. The second kappa shape index (κ2) is 21.8. The predicted octanol–water partition coefficient (Wildman–Crippen LogP) is 9.10. The first-order valence-electron chi connectivity index (χ1n) is 16.4. The number of nitrogens with one attached hydrogen (secondary N) is 1. The Kier molecular flexibility index (Phi) is 18.7. The summed E-state index contributed by atoms with van der Waals surface area (Å²) in [6.45, 7) is 0.752. The van der Waals surface area contributed by atoms with Gasteiger partial charge in [-0.3, -0.25) is 14.3 Å². The monoisotopic (exact) mass is 688 g/mol. The molecule has 3 N–H and O–H groups in total. The standard InChI is InChI=1S/C34H49F4N2O6P/c1-2-3-4-5-6-7-8-9-10-11-12-13-14-15-33(41)40-28(24-32(35)47(42,43)44)22-27-16-18-30(19-17-27)45-25-29-23-31(20-21-39-29)46-26-34(36,37)38/h16-21,23-24,28H,2-15,22,25-26H2,1H3,(H,40,41)(H2,42,43,44)/b32-24+/t28-/m0/s1. The molecule has 0 radical (unpaired) electrons. The van der Waals surface area contributed by atoms with Crippen molar-refractivity contribution in [2.45, 2.75) is 122 Å². The number of carbonyl (C=O) groups excluding carboxylic acids is 1. The van der Waals surface area contributed by atoms with E-state index in [1.54, 1.807) is 24.3 Å². The first-order chi connectivity index (χ1) is 22.4. The summed E-state index contributed by atoms with van der Waals surface area (Å²) in [6, 6.07) is 8.17. The maximum Gasteiger partial charge on any atom is 0.422 e. The third kappa shape index (κ3) is 19.5. The largest absolute Gasteiger partial charge is 0.487 e. The molecule has 0 bridgehead atoms. The maximum absolute atomic E-state index is 14.2. The van der Waals surface area contributed by atoms with E-state index in [-0.39, 0.29) is 31.1 Å². The minimum absolute atomic E-state index is 0.00374. The van der Waals surface area contributed by atoms with Crippen LogP contribution in [0.3, 0.4) is 0 Å². The lowest BCUT2D eigenvalue weighted by Gasteiger charge is -2.17. The number of alkyl halides is 3. The SMILES string of the molecule is CCCCCCCCCCCCCCCC(=O)N[C@H](/C=C(\F)P(=O)(O)O)Cc1ccc(OCc2cc(OCC(F)(F)F)ccn2)cc1. The molecule has 0 saturated carbocycles. The predicted molar refractivity (Wildman–Crippen MR) is 174 cm³/mol. The topological polar surface area (TPSA) is 118 Å². The minimum Gasteiger partial charge on any atom is -0.487 e. The van der Waals surface area contributed by atoms with Crippen LogP contribution in [-0.4, -0.2) is 39.5 Å². The minimum atomic E-state index is -5.12. The van der Waals surface area contributed by atoms with E-state index in [1.165, 1.54) is 76.1 Å². The number of amides is 1. The number of unbranched alkanes of at least 4 members (excludes halogenated alkanes) is 12. The van der Waals surface area contributed by atoms with Crippen LogP contribution in [0, 0.1) is 0 Å². The summed E-state index contributed by atoms with van der Waals surface area (Å²) in [5.74, 6) is 0.0860. The van der Waals surface area contributed by atoms with Gasteiger partial charge in [0.15, 0.2) is 6.61 Å². The molecule has 0 unspecified atom stereocenters. The molecule has 264 valence electrons. The summed E-state index contributed by atoms with van der Waals surface area (Å²) in [5.41, 5.74) is -0.630. The summed E-state index contributed by atoms with van der Waals surface area (Å²) in [7, 11) is -5.12. The Labute approximate surface area is 275 Å². The van der Waals surface area contributed by atoms with Crippen LogP contribution in [0.15, 0.2) is 54.2 Å². The summed E-state index contributed by atoms with van der Waals surface area (Å²) < 4.78 is 73.2. The van der Waals surface area contributed by atoms with Gasteiger partial charge in [0, 0.05) is 18.7 Å². The fourth-order valence-electron chi connectivity index (χ4n) is 4.92. The van der Waals surface area contributed by atoms with Crippen LogP contribution in [0.5, 0.6) is 11.5 Å². The molecular weight excluding hydrogens is 639 g/mol. The molecule has 2 aromatic rings. The molecule has 0 spiro atoms. The van der Waals surface area contributed by atoms with Crippen molar-refractivity contribution in [3.05, 3.63) is 65.5 Å². The zero-order chi connectivity index (χ0) is 34.5. The second-order valence-electron chi connectivity index (χ2n) is 11.7. The van der Waals surface area contributed by atoms with Crippen LogP contribution in [0.4, 0.5) is 17.6 Å². The lowest BCUT2D eigenvalue weighted by molar-refractivity contribution is -0.153. The summed E-state index contributed by atoms with van der Waals surface area (Å²) >= 11 is 0. The van der Waals surface area contributed by atoms with Crippen molar-refractivity contribution in [1.29, 1.82) is 0 Å². The maximum atomic E-state index is 14.2. The normalized spacial score (nSPS) is 13.0. The zero-order valence-corrected chi connectivity index (χ0v) is 28.0. The Bertz CT molecular complexity index is 1250. The average Bonchev–Trinajstić information content (AvgIpc) is 3.01. The molecule has 1 amide bonds. The van der Waals surface area contributed by atoms with Crippen LogP contribution >= 0.6 is 7.60 Å². The average molecular weight is 689 g/mol. The van der Waals surface area contributed by atoms with Gasteiger partial charge in [-0.2, -0.15) is 17.6 Å². The van der Waals surface area contributed by atoms with E-state index in [4.69, 9.17) is 9.47 Å². The summed E-state index contributed by atoms with van der Waals surface area (Å²) in [4.78, 5) is 35.1. The highest BCUT2D eigenvalue weighted by Crippen LogP contribution is 2.45. The van der Waals surface area contributed by atoms with Crippen LogP contribution in [0.2, 0.25) is 0 Å². The lowest BCUT2D eigenvalue weighted by Crippen LogP contribution is -2.35. The van der Waals surface area contributed by atoms with Gasteiger partial charge in [-0.15, -0.1) is 0 Å². The molecule has 13 heteroatoms.